The lowest BCUT2D eigenvalue weighted by molar-refractivity contribution is -0.384. The topological polar surface area (TPSA) is 83.6 Å². The van der Waals surface area contributed by atoms with Crippen molar-refractivity contribution in [3.05, 3.63) is 22.4 Å². The van der Waals surface area contributed by atoms with E-state index in [9.17, 15) is 14.9 Å². The summed E-state index contributed by atoms with van der Waals surface area (Å²) in [6.45, 7) is 1.82. The molecule has 0 aliphatic heterocycles. The molecule has 0 spiro atoms. The zero-order valence-electron chi connectivity index (χ0n) is 8.30. The Morgan fingerprint density at radius 1 is 1.67 bits per heavy atom. The van der Waals surface area contributed by atoms with E-state index in [1.807, 2.05) is 0 Å². The molecule has 0 radical (unpaired) electrons. The number of ether oxygens (including phenoxy) is 2. The fourth-order valence-electron chi connectivity index (χ4n) is 0.962. The first-order chi connectivity index (χ1) is 7.04. The van der Waals surface area contributed by atoms with Crippen LogP contribution in [0.5, 0.6) is 5.88 Å². The summed E-state index contributed by atoms with van der Waals surface area (Å²) in [6, 6.07) is 1.15. The molecule has 0 aromatic carbocycles. The van der Waals surface area contributed by atoms with Crippen LogP contribution in [0.25, 0.3) is 0 Å². The molecule has 0 atom stereocenters. The SMILES string of the molecule is CCOC(=O)Oc1cc([N+](=O)[O-])cn1C. The quantitative estimate of drug-likeness (QED) is 0.432. The summed E-state index contributed by atoms with van der Waals surface area (Å²) in [6.07, 6.45) is 0.364. The zero-order chi connectivity index (χ0) is 11.4. The van der Waals surface area contributed by atoms with E-state index >= 15 is 0 Å². The number of aromatic nitrogens is 1. The smallest absolute Gasteiger partial charge is 0.434 e. The van der Waals surface area contributed by atoms with Crippen LogP contribution in [0, 0.1) is 10.1 Å². The molecule has 7 heteroatoms. The van der Waals surface area contributed by atoms with Gasteiger partial charge in [-0.3, -0.25) is 10.1 Å². The minimum atomic E-state index is -0.881. The second-order valence-electron chi connectivity index (χ2n) is 2.69. The van der Waals surface area contributed by atoms with Gasteiger partial charge in [0.05, 0.1) is 23.8 Å². The lowest BCUT2D eigenvalue weighted by Gasteiger charge is -2.03. The summed E-state index contributed by atoms with van der Waals surface area (Å²) < 4.78 is 10.6. The molecule has 0 aliphatic rings. The number of carbonyl (C=O) groups excluding carboxylic acids is 1. The first-order valence-corrected chi connectivity index (χ1v) is 4.20. The molecule has 0 bridgehead atoms. The van der Waals surface area contributed by atoms with E-state index in [-0.39, 0.29) is 18.2 Å². The van der Waals surface area contributed by atoms with Gasteiger partial charge in [-0.1, -0.05) is 0 Å². The average Bonchev–Trinajstić information content (AvgIpc) is 2.48. The van der Waals surface area contributed by atoms with E-state index in [0.29, 0.717) is 0 Å². The minimum Gasteiger partial charge on any atom is -0.434 e. The van der Waals surface area contributed by atoms with Crippen LogP contribution in [0.3, 0.4) is 0 Å². The molecular weight excluding hydrogens is 204 g/mol. The average molecular weight is 214 g/mol. The van der Waals surface area contributed by atoms with Gasteiger partial charge in [-0.15, -0.1) is 0 Å². The van der Waals surface area contributed by atoms with Crippen molar-refractivity contribution in [2.24, 2.45) is 7.05 Å². The van der Waals surface area contributed by atoms with Crippen molar-refractivity contribution in [3.8, 4) is 5.88 Å². The van der Waals surface area contributed by atoms with Crippen molar-refractivity contribution in [3.63, 3.8) is 0 Å². The summed E-state index contributed by atoms with van der Waals surface area (Å²) in [4.78, 5) is 20.7. The Balaban J connectivity index is 2.77. The molecule has 1 rings (SSSR count). The maximum atomic E-state index is 10.9. The third kappa shape index (κ3) is 2.70. The summed E-state index contributed by atoms with van der Waals surface area (Å²) >= 11 is 0. The maximum Gasteiger partial charge on any atom is 0.515 e. The number of rotatable bonds is 3. The number of aryl methyl sites for hydroxylation is 1. The van der Waals surface area contributed by atoms with E-state index in [0.717, 1.165) is 6.07 Å². The number of carbonyl (C=O) groups is 1. The Kier molecular flexibility index (Phi) is 3.27. The first kappa shape index (κ1) is 11.0. The maximum absolute atomic E-state index is 10.9. The van der Waals surface area contributed by atoms with Gasteiger partial charge in [-0.2, -0.15) is 0 Å². The van der Waals surface area contributed by atoms with Crippen molar-refractivity contribution in [1.82, 2.24) is 4.57 Å². The van der Waals surface area contributed by atoms with Crippen LogP contribution in [0.15, 0.2) is 12.3 Å². The van der Waals surface area contributed by atoms with Gasteiger partial charge in [-0.05, 0) is 6.92 Å². The lowest BCUT2D eigenvalue weighted by Crippen LogP contribution is -2.11. The predicted molar refractivity (Wildman–Crippen MR) is 49.7 cm³/mol. The Labute approximate surface area is 85.4 Å². The number of hydrogen-bond donors (Lipinski definition) is 0. The monoisotopic (exact) mass is 214 g/mol. The highest BCUT2D eigenvalue weighted by atomic mass is 16.7. The minimum absolute atomic E-state index is 0.0696. The van der Waals surface area contributed by atoms with Gasteiger partial charge < -0.3 is 14.0 Å². The lowest BCUT2D eigenvalue weighted by atomic mass is 10.5. The van der Waals surface area contributed by atoms with Gasteiger partial charge in [0.15, 0.2) is 0 Å². The van der Waals surface area contributed by atoms with Crippen LogP contribution in [0.2, 0.25) is 0 Å². The molecule has 15 heavy (non-hydrogen) atoms. The Bertz CT molecular complexity index is 384. The van der Waals surface area contributed by atoms with E-state index < -0.39 is 11.1 Å². The summed E-state index contributed by atoms with van der Waals surface area (Å²) in [5, 5.41) is 10.4. The Morgan fingerprint density at radius 3 is 2.80 bits per heavy atom. The van der Waals surface area contributed by atoms with Crippen molar-refractivity contribution >= 4 is 11.8 Å². The normalized spacial score (nSPS) is 9.73. The number of hydrogen-bond acceptors (Lipinski definition) is 5. The van der Waals surface area contributed by atoms with E-state index in [1.54, 1.807) is 6.92 Å². The molecule has 0 saturated heterocycles. The van der Waals surface area contributed by atoms with Gasteiger partial charge >= 0.3 is 6.16 Å². The molecule has 1 heterocycles. The zero-order valence-corrected chi connectivity index (χ0v) is 8.30. The third-order valence-electron chi connectivity index (χ3n) is 1.61. The fourth-order valence-corrected chi connectivity index (χ4v) is 0.962. The third-order valence-corrected chi connectivity index (χ3v) is 1.61. The molecule has 0 saturated carbocycles. The van der Waals surface area contributed by atoms with Crippen LogP contribution in [0.4, 0.5) is 10.5 Å². The first-order valence-electron chi connectivity index (χ1n) is 4.20. The standard InChI is InChI=1S/C8H10N2O5/c1-3-14-8(11)15-7-4-6(10(12)13)5-9(7)2/h4-5H,3H2,1-2H3. The van der Waals surface area contributed by atoms with E-state index in [1.165, 1.54) is 17.8 Å². The Morgan fingerprint density at radius 2 is 2.33 bits per heavy atom. The molecule has 1 aromatic rings. The van der Waals surface area contributed by atoms with Gasteiger partial charge in [0.25, 0.3) is 5.69 Å². The molecule has 0 N–H and O–H groups in total. The summed E-state index contributed by atoms with van der Waals surface area (Å²) in [5.74, 6) is 0.0696. The van der Waals surface area contributed by atoms with Crippen molar-refractivity contribution in [1.29, 1.82) is 0 Å². The van der Waals surface area contributed by atoms with Gasteiger partial charge in [0.2, 0.25) is 5.88 Å². The van der Waals surface area contributed by atoms with Crippen molar-refractivity contribution in [2.45, 2.75) is 6.92 Å². The van der Waals surface area contributed by atoms with Crippen LogP contribution >= 0.6 is 0 Å². The molecule has 0 fully saturated rings. The van der Waals surface area contributed by atoms with Crippen LogP contribution in [-0.4, -0.2) is 22.3 Å². The second-order valence-corrected chi connectivity index (χ2v) is 2.69. The molecule has 1 aromatic heterocycles. The molecule has 7 nitrogen and oxygen atoms in total. The Hall–Kier alpha value is -2.05. The molecule has 82 valence electrons. The number of nitrogens with zero attached hydrogens (tertiary/aromatic N) is 2. The van der Waals surface area contributed by atoms with E-state index in [4.69, 9.17) is 4.74 Å². The van der Waals surface area contributed by atoms with Crippen LogP contribution in [0.1, 0.15) is 6.92 Å². The molecule has 0 unspecified atom stereocenters. The second kappa shape index (κ2) is 4.45. The van der Waals surface area contributed by atoms with Crippen molar-refractivity contribution < 1.29 is 19.2 Å². The highest BCUT2D eigenvalue weighted by molar-refractivity contribution is 5.63. The number of nitro groups is 1. The molecule has 0 aliphatic carbocycles. The highest BCUT2D eigenvalue weighted by Gasteiger charge is 2.15. The summed E-state index contributed by atoms with van der Waals surface area (Å²) in [5.41, 5.74) is -0.142. The summed E-state index contributed by atoms with van der Waals surface area (Å²) in [7, 11) is 1.53. The highest BCUT2D eigenvalue weighted by Crippen LogP contribution is 2.21. The van der Waals surface area contributed by atoms with E-state index in [2.05, 4.69) is 4.74 Å². The van der Waals surface area contributed by atoms with Gasteiger partial charge in [0.1, 0.15) is 0 Å². The van der Waals surface area contributed by atoms with Crippen molar-refractivity contribution in [2.75, 3.05) is 6.61 Å². The van der Waals surface area contributed by atoms with Crippen LogP contribution in [-0.2, 0) is 11.8 Å². The predicted octanol–water partition coefficient (Wildman–Crippen LogP) is 1.47. The molecule has 0 amide bonds. The molecular formula is C8H10N2O5. The van der Waals surface area contributed by atoms with Gasteiger partial charge in [0, 0.05) is 7.05 Å². The fraction of sp³-hybridized carbons (Fsp3) is 0.375. The van der Waals surface area contributed by atoms with Crippen LogP contribution < -0.4 is 4.74 Å². The largest absolute Gasteiger partial charge is 0.515 e. The van der Waals surface area contributed by atoms with Gasteiger partial charge in [-0.25, -0.2) is 4.79 Å².